The van der Waals surface area contributed by atoms with Crippen LogP contribution in [0.3, 0.4) is 0 Å². The lowest BCUT2D eigenvalue weighted by Gasteiger charge is -2.02. The average Bonchev–Trinajstić information content (AvgIpc) is 1.86. The van der Waals surface area contributed by atoms with Crippen LogP contribution in [0.2, 0.25) is 0 Å². The van der Waals surface area contributed by atoms with E-state index in [1.807, 2.05) is 5.43 Å². The molecule has 0 saturated carbocycles. The number of carboxylic acid groups (broad SMARTS) is 1. The van der Waals surface area contributed by atoms with Gasteiger partial charge in [-0.3, -0.25) is 4.79 Å². The largest absolute Gasteiger partial charge is 0.480 e. The van der Waals surface area contributed by atoms with E-state index >= 15 is 0 Å². The van der Waals surface area contributed by atoms with E-state index in [2.05, 4.69) is 0 Å². The highest BCUT2D eigenvalue weighted by molar-refractivity contribution is 5.72. The van der Waals surface area contributed by atoms with E-state index in [0.717, 1.165) is 0 Å². The van der Waals surface area contributed by atoms with Gasteiger partial charge in [0.05, 0.1) is 6.54 Å². The summed E-state index contributed by atoms with van der Waals surface area (Å²) in [5.74, 6) is -1.16. The van der Waals surface area contributed by atoms with Crippen LogP contribution in [-0.4, -0.2) is 28.7 Å². The third kappa shape index (κ3) is 5.09. The first-order valence-electron chi connectivity index (χ1n) is 2.90. The highest BCUT2D eigenvalue weighted by atomic mass is 16.7. The maximum Gasteiger partial charge on any atom is 0.320 e. The van der Waals surface area contributed by atoms with Crippen molar-refractivity contribution in [3.63, 3.8) is 0 Å². The zero-order valence-electron chi connectivity index (χ0n) is 5.69. The molecule has 0 aromatic heterocycles. The molecule has 0 saturated heterocycles. The van der Waals surface area contributed by atoms with Crippen molar-refractivity contribution >= 4 is 5.97 Å². The van der Waals surface area contributed by atoms with E-state index in [0.29, 0.717) is 0 Å². The Bertz CT molecular complexity index is 159. The fourth-order valence-electron chi connectivity index (χ4n) is 0.435. The van der Waals surface area contributed by atoms with Crippen LogP contribution in [0.1, 0.15) is 6.42 Å². The van der Waals surface area contributed by atoms with E-state index in [4.69, 9.17) is 10.8 Å². The number of nitrogens with two attached hydrogens (primary N) is 1. The van der Waals surface area contributed by atoms with Gasteiger partial charge in [0.25, 0.3) is 0 Å². The quantitative estimate of drug-likeness (QED) is 0.337. The highest BCUT2D eigenvalue weighted by Gasteiger charge is 2.11. The molecule has 0 unspecified atom stereocenters. The van der Waals surface area contributed by atoms with E-state index in [1.54, 1.807) is 0 Å². The zero-order valence-corrected chi connectivity index (χ0v) is 5.69. The Balaban J connectivity index is 3.39. The fourth-order valence-corrected chi connectivity index (χ4v) is 0.435. The van der Waals surface area contributed by atoms with Crippen molar-refractivity contribution in [3.05, 3.63) is 10.1 Å². The summed E-state index contributed by atoms with van der Waals surface area (Å²) >= 11 is 0. The highest BCUT2D eigenvalue weighted by Crippen LogP contribution is 1.84. The van der Waals surface area contributed by atoms with E-state index < -0.39 is 17.0 Å². The van der Waals surface area contributed by atoms with E-state index in [9.17, 15) is 14.9 Å². The predicted octanol–water partition coefficient (Wildman–Crippen LogP) is -1.43. The van der Waals surface area contributed by atoms with Crippen molar-refractivity contribution in [2.45, 2.75) is 12.5 Å². The lowest BCUT2D eigenvalue weighted by atomic mass is 10.2. The minimum absolute atomic E-state index is 0.0380. The third-order valence-corrected chi connectivity index (χ3v) is 1.01. The van der Waals surface area contributed by atoms with Gasteiger partial charge in [-0.1, -0.05) is 0 Å². The summed E-state index contributed by atoms with van der Waals surface area (Å²) in [6.07, 6.45) is 0.0380. The summed E-state index contributed by atoms with van der Waals surface area (Å²) in [6, 6.07) is -1.04. The van der Waals surface area contributed by atoms with Crippen LogP contribution in [0.5, 0.6) is 0 Å². The van der Waals surface area contributed by atoms with Crippen molar-refractivity contribution in [1.82, 2.24) is 5.43 Å². The second-order valence-corrected chi connectivity index (χ2v) is 1.90. The molecule has 7 nitrogen and oxygen atoms in total. The van der Waals surface area contributed by atoms with Crippen molar-refractivity contribution in [3.8, 4) is 0 Å². The number of rotatable bonds is 5. The number of hydrazine groups is 1. The summed E-state index contributed by atoms with van der Waals surface area (Å²) < 4.78 is 0. The van der Waals surface area contributed by atoms with Gasteiger partial charge >= 0.3 is 5.97 Å². The average molecular weight is 163 g/mol. The topological polar surface area (TPSA) is 118 Å². The minimum atomic E-state index is -1.16. The molecule has 0 fully saturated rings. The van der Waals surface area contributed by atoms with Crippen LogP contribution in [-0.2, 0) is 4.79 Å². The summed E-state index contributed by atoms with van der Waals surface area (Å²) in [5.41, 5.74) is 6.85. The molecule has 0 radical (unpaired) electrons. The van der Waals surface area contributed by atoms with Crippen LogP contribution in [0, 0.1) is 10.1 Å². The fraction of sp³-hybridized carbons (Fsp3) is 0.750. The Kier molecular flexibility index (Phi) is 3.89. The Morgan fingerprint density at radius 1 is 1.82 bits per heavy atom. The molecule has 11 heavy (non-hydrogen) atoms. The number of carboxylic acids is 1. The van der Waals surface area contributed by atoms with Gasteiger partial charge < -0.3 is 10.8 Å². The van der Waals surface area contributed by atoms with Gasteiger partial charge in [-0.25, -0.2) is 10.1 Å². The maximum absolute atomic E-state index is 10.1. The van der Waals surface area contributed by atoms with Crippen LogP contribution in [0.25, 0.3) is 0 Å². The molecule has 0 spiro atoms. The lowest BCUT2D eigenvalue weighted by molar-refractivity contribution is -0.544. The third-order valence-electron chi connectivity index (χ3n) is 1.01. The smallest absolute Gasteiger partial charge is 0.320 e. The van der Waals surface area contributed by atoms with Crippen molar-refractivity contribution in [2.75, 3.05) is 6.54 Å². The second-order valence-electron chi connectivity index (χ2n) is 1.90. The molecule has 7 heteroatoms. The number of hydrogen-bond acceptors (Lipinski definition) is 4. The van der Waals surface area contributed by atoms with Gasteiger partial charge in [0.2, 0.25) is 0 Å². The zero-order chi connectivity index (χ0) is 8.85. The first kappa shape index (κ1) is 9.63. The number of nitrogens with zero attached hydrogens (tertiary/aromatic N) is 1. The number of carbonyl (C=O) groups is 1. The summed E-state index contributed by atoms with van der Waals surface area (Å²) in [4.78, 5) is 19.7. The van der Waals surface area contributed by atoms with Gasteiger partial charge in [-0.2, -0.15) is 0 Å². The van der Waals surface area contributed by atoms with Crippen LogP contribution >= 0.6 is 0 Å². The summed E-state index contributed by atoms with van der Waals surface area (Å²) in [6.45, 7) is -0.0412. The molecular weight excluding hydrogens is 154 g/mol. The standard InChI is InChI=1S/C4H9N3O4/c5-3(4(8)9)1-2-6-7(10)11/h3,6H,1-2,5H2,(H,8,9)/t3-/m0/s1. The van der Waals surface area contributed by atoms with Gasteiger partial charge in [-0.15, -0.1) is 5.43 Å². The molecule has 1 atom stereocenters. The van der Waals surface area contributed by atoms with E-state index in [-0.39, 0.29) is 13.0 Å². The Morgan fingerprint density at radius 2 is 2.36 bits per heavy atom. The molecule has 0 aliphatic heterocycles. The monoisotopic (exact) mass is 163 g/mol. The number of nitro groups is 1. The molecule has 0 aromatic carbocycles. The van der Waals surface area contributed by atoms with Crippen molar-refractivity contribution in [2.24, 2.45) is 5.73 Å². The minimum Gasteiger partial charge on any atom is -0.480 e. The number of hydrogen-bond donors (Lipinski definition) is 3. The van der Waals surface area contributed by atoms with Crippen molar-refractivity contribution < 1.29 is 14.9 Å². The molecule has 64 valence electrons. The molecule has 0 amide bonds. The molecule has 0 aromatic rings. The number of nitrogens with one attached hydrogen (secondary N) is 1. The van der Waals surface area contributed by atoms with E-state index in [1.165, 1.54) is 0 Å². The Hall–Kier alpha value is -1.37. The molecular formula is C4H9N3O4. The lowest BCUT2D eigenvalue weighted by Crippen LogP contribution is -2.35. The van der Waals surface area contributed by atoms with Crippen LogP contribution in [0.15, 0.2) is 0 Å². The van der Waals surface area contributed by atoms with Gasteiger partial charge in [-0.05, 0) is 6.42 Å². The van der Waals surface area contributed by atoms with Gasteiger partial charge in [0.1, 0.15) is 6.04 Å². The molecule has 0 rings (SSSR count). The first-order valence-corrected chi connectivity index (χ1v) is 2.90. The van der Waals surface area contributed by atoms with Crippen molar-refractivity contribution in [1.29, 1.82) is 0 Å². The molecule has 0 aliphatic carbocycles. The number of aliphatic carboxylic acids is 1. The van der Waals surface area contributed by atoms with Gasteiger partial charge in [0, 0.05) is 0 Å². The normalized spacial score (nSPS) is 12.1. The second kappa shape index (κ2) is 4.45. The van der Waals surface area contributed by atoms with Gasteiger partial charge in [0.15, 0.2) is 5.03 Å². The summed E-state index contributed by atoms with van der Waals surface area (Å²) in [7, 11) is 0. The maximum atomic E-state index is 10.1. The van der Waals surface area contributed by atoms with Crippen LogP contribution < -0.4 is 11.2 Å². The first-order chi connectivity index (χ1) is 5.04. The SMILES string of the molecule is N[C@@H](CCN[N+](=O)[O-])C(=O)O. The molecule has 0 aliphatic rings. The predicted molar refractivity (Wildman–Crippen MR) is 35.2 cm³/mol. The Labute approximate surface area is 62.3 Å². The van der Waals surface area contributed by atoms with Crippen LogP contribution in [0.4, 0.5) is 0 Å². The molecule has 4 N–H and O–H groups in total. The summed E-state index contributed by atoms with van der Waals surface area (Å²) in [5, 5.41) is 17.1. The molecule has 0 bridgehead atoms. The Morgan fingerprint density at radius 3 is 2.73 bits per heavy atom. The molecule has 0 heterocycles.